The highest BCUT2D eigenvalue weighted by molar-refractivity contribution is 7.15. The van der Waals surface area contributed by atoms with Gasteiger partial charge in [-0.3, -0.25) is 19.1 Å². The van der Waals surface area contributed by atoms with Gasteiger partial charge in [0.05, 0.1) is 22.5 Å². The Bertz CT molecular complexity index is 1440. The summed E-state index contributed by atoms with van der Waals surface area (Å²) in [6.45, 7) is 14.8. The van der Waals surface area contributed by atoms with Crippen molar-refractivity contribution >= 4 is 38.7 Å². The second-order valence-corrected chi connectivity index (χ2v) is 9.22. The van der Waals surface area contributed by atoms with Crippen LogP contribution in [-0.2, 0) is 6.54 Å². The van der Waals surface area contributed by atoms with Crippen LogP contribution >= 0.6 is 11.3 Å². The zero-order valence-corrected chi connectivity index (χ0v) is 22.5. The van der Waals surface area contributed by atoms with Crippen LogP contribution in [0.4, 0.5) is 0 Å². The molecule has 1 amide bonds. The third-order valence-electron chi connectivity index (χ3n) is 6.14. The first kappa shape index (κ1) is 26.5. The van der Waals surface area contributed by atoms with Gasteiger partial charge in [0, 0.05) is 67.2 Å². The number of carbonyl (C=O) groups is 1. The number of thiazole rings is 1. The molecule has 2 N–H and O–H groups in total. The number of benzene rings is 1. The number of hydrogen-bond acceptors (Lipinski definition) is 6. The van der Waals surface area contributed by atoms with Crippen molar-refractivity contribution in [3.63, 3.8) is 0 Å². The van der Waals surface area contributed by atoms with E-state index in [1.54, 1.807) is 35.8 Å². The van der Waals surface area contributed by atoms with Crippen molar-refractivity contribution in [1.82, 2.24) is 29.9 Å². The number of fused-ring (bicyclic) bond motifs is 2. The molecule has 0 spiro atoms. The first-order valence-electron chi connectivity index (χ1n) is 12.7. The molecule has 4 aromatic rings. The average Bonchev–Trinajstić information content (AvgIpc) is 3.52. The van der Waals surface area contributed by atoms with E-state index in [1.165, 1.54) is 5.69 Å². The average molecular weight is 515 g/mol. The van der Waals surface area contributed by atoms with Crippen molar-refractivity contribution in [3.05, 3.63) is 95.6 Å². The number of para-hydroxylation sites is 1. The first-order valence-corrected chi connectivity index (χ1v) is 13.6. The quantitative estimate of drug-likeness (QED) is 0.328. The van der Waals surface area contributed by atoms with E-state index in [4.69, 9.17) is 4.98 Å². The van der Waals surface area contributed by atoms with Crippen LogP contribution in [-0.4, -0.2) is 51.4 Å². The van der Waals surface area contributed by atoms with E-state index >= 15 is 0 Å². The zero-order chi connectivity index (χ0) is 26.2. The van der Waals surface area contributed by atoms with Crippen molar-refractivity contribution in [2.24, 2.45) is 0 Å². The van der Waals surface area contributed by atoms with Gasteiger partial charge in [-0.2, -0.15) is 0 Å². The number of nitrogens with zero attached hydrogens (tertiary/aromatic N) is 4. The van der Waals surface area contributed by atoms with E-state index in [0.29, 0.717) is 16.8 Å². The molecule has 8 heteroatoms. The first-order chi connectivity index (χ1) is 18.2. The normalized spacial score (nSPS) is 14.9. The van der Waals surface area contributed by atoms with Crippen LogP contribution in [0.15, 0.2) is 78.6 Å². The molecular weight excluding hydrogens is 480 g/mol. The lowest BCUT2D eigenvalue weighted by molar-refractivity contribution is 0.0969. The topological polar surface area (TPSA) is 74.6 Å². The Morgan fingerprint density at radius 1 is 1.22 bits per heavy atom. The zero-order valence-electron chi connectivity index (χ0n) is 21.7. The number of pyridine rings is 1. The molecule has 0 saturated carbocycles. The van der Waals surface area contributed by atoms with Crippen LogP contribution in [0.1, 0.15) is 42.5 Å². The third-order valence-corrected chi connectivity index (χ3v) is 7.03. The Kier molecular flexibility index (Phi) is 9.00. The van der Waals surface area contributed by atoms with Crippen LogP contribution in [0.5, 0.6) is 0 Å². The Hall–Kier alpha value is -3.59. The molecule has 4 heterocycles. The van der Waals surface area contributed by atoms with Crippen LogP contribution in [0.2, 0.25) is 0 Å². The fourth-order valence-corrected chi connectivity index (χ4v) is 5.27. The monoisotopic (exact) mass is 514 g/mol. The Morgan fingerprint density at radius 3 is 2.76 bits per heavy atom. The predicted molar refractivity (Wildman–Crippen MR) is 154 cm³/mol. The largest absolute Gasteiger partial charge is 0.321 e. The summed E-state index contributed by atoms with van der Waals surface area (Å²) in [6, 6.07) is 9.43. The lowest BCUT2D eigenvalue weighted by Gasteiger charge is -2.26. The van der Waals surface area contributed by atoms with E-state index < -0.39 is 0 Å². The van der Waals surface area contributed by atoms with E-state index in [2.05, 4.69) is 43.1 Å². The highest BCUT2D eigenvalue weighted by Crippen LogP contribution is 2.26. The molecule has 3 aromatic heterocycles. The van der Waals surface area contributed by atoms with Gasteiger partial charge >= 0.3 is 0 Å². The van der Waals surface area contributed by atoms with Gasteiger partial charge in [0.1, 0.15) is 0 Å². The van der Waals surface area contributed by atoms with Crippen molar-refractivity contribution < 1.29 is 4.79 Å². The summed E-state index contributed by atoms with van der Waals surface area (Å²) in [6.07, 6.45) is 9.21. The van der Waals surface area contributed by atoms with Gasteiger partial charge in [-0.1, -0.05) is 50.8 Å². The summed E-state index contributed by atoms with van der Waals surface area (Å²) in [7, 11) is 0. The number of allylic oxidation sites excluding steroid dienone is 4. The molecule has 0 unspecified atom stereocenters. The summed E-state index contributed by atoms with van der Waals surface area (Å²) in [4.78, 5) is 26.0. The van der Waals surface area contributed by atoms with Crippen LogP contribution in [0.3, 0.4) is 0 Å². The van der Waals surface area contributed by atoms with E-state index in [0.717, 1.165) is 54.3 Å². The molecule has 192 valence electrons. The minimum Gasteiger partial charge on any atom is -0.321 e. The predicted octanol–water partition coefficient (Wildman–Crippen LogP) is 5.28. The minimum atomic E-state index is -0.220. The van der Waals surface area contributed by atoms with Crippen LogP contribution in [0, 0.1) is 0 Å². The van der Waals surface area contributed by atoms with E-state index in [1.807, 2.05) is 51.1 Å². The molecule has 1 aromatic carbocycles. The summed E-state index contributed by atoms with van der Waals surface area (Å²) >= 11 is 1.64. The van der Waals surface area contributed by atoms with Gasteiger partial charge in [0.2, 0.25) is 0 Å². The molecule has 0 bridgehead atoms. The summed E-state index contributed by atoms with van der Waals surface area (Å²) in [5.74, 6) is -0.220. The maximum Gasteiger partial charge on any atom is 0.257 e. The fraction of sp³-hybridized carbons (Fsp3) is 0.276. The Labute approximate surface area is 222 Å². The maximum atomic E-state index is 13.3. The van der Waals surface area contributed by atoms with E-state index in [-0.39, 0.29) is 5.91 Å². The van der Waals surface area contributed by atoms with Gasteiger partial charge in [0.15, 0.2) is 4.96 Å². The molecule has 37 heavy (non-hydrogen) atoms. The number of aromatic nitrogens is 3. The van der Waals surface area contributed by atoms with Crippen LogP contribution < -0.4 is 10.6 Å². The standard InChI is InChI=1S/C27H28N6OS.C2H6/c1-3-7-23(30-26(34)22-10-5-8-19-9-6-11-29-25(19)22)21(4-2)24-17-33-20(18-35-27(33)31-24)16-32-14-12-28-13-15-32;1-2/h3-11,17-18,28H,1,12-16H2,2H3,(H,30,34);1-2H3/b21-4+,23-7+;. The van der Waals surface area contributed by atoms with Crippen LogP contribution in [0.25, 0.3) is 21.4 Å². The molecular formula is C29H34N6OS. The molecule has 0 atom stereocenters. The number of imidazole rings is 1. The number of rotatable bonds is 7. The lowest BCUT2D eigenvalue weighted by atomic mass is 10.1. The molecule has 0 radical (unpaired) electrons. The van der Waals surface area contributed by atoms with Gasteiger partial charge < -0.3 is 10.6 Å². The minimum absolute atomic E-state index is 0.220. The number of amides is 1. The van der Waals surface area contributed by atoms with Crippen molar-refractivity contribution in [1.29, 1.82) is 0 Å². The smallest absolute Gasteiger partial charge is 0.257 e. The number of carbonyl (C=O) groups excluding carboxylic acids is 1. The molecule has 1 saturated heterocycles. The van der Waals surface area contributed by atoms with Crippen molar-refractivity contribution in [2.45, 2.75) is 27.3 Å². The lowest BCUT2D eigenvalue weighted by Crippen LogP contribution is -2.43. The second-order valence-electron chi connectivity index (χ2n) is 8.39. The number of nitrogens with one attached hydrogen (secondary N) is 2. The van der Waals surface area contributed by atoms with Gasteiger partial charge in [-0.15, -0.1) is 11.3 Å². The molecule has 7 nitrogen and oxygen atoms in total. The van der Waals surface area contributed by atoms with Gasteiger partial charge in [0.25, 0.3) is 5.91 Å². The Balaban J connectivity index is 0.00000156. The second kappa shape index (κ2) is 12.6. The highest BCUT2D eigenvalue weighted by Gasteiger charge is 2.19. The fourth-order valence-electron chi connectivity index (χ4n) is 4.41. The highest BCUT2D eigenvalue weighted by atomic mass is 32.1. The van der Waals surface area contributed by atoms with E-state index in [9.17, 15) is 4.79 Å². The maximum absolute atomic E-state index is 13.3. The Morgan fingerprint density at radius 2 is 2.00 bits per heavy atom. The molecule has 1 aliphatic rings. The summed E-state index contributed by atoms with van der Waals surface area (Å²) in [5.41, 5.74) is 4.72. The summed E-state index contributed by atoms with van der Waals surface area (Å²) in [5, 5.41) is 9.58. The SMILES string of the molecule is C=C/C=C(NC(=O)c1cccc2cccnc12)\C(=C/C)c1cn2c(CN3CCNCC3)csc2n1.CC. The molecule has 5 rings (SSSR count). The molecule has 0 aliphatic carbocycles. The molecule has 1 aliphatic heterocycles. The van der Waals surface area contributed by atoms with Gasteiger partial charge in [-0.05, 0) is 25.1 Å². The van der Waals surface area contributed by atoms with Crippen molar-refractivity contribution in [2.75, 3.05) is 26.2 Å². The molecule has 1 fully saturated rings. The number of piperazine rings is 1. The van der Waals surface area contributed by atoms with Gasteiger partial charge in [-0.25, -0.2) is 4.98 Å². The van der Waals surface area contributed by atoms with Crippen molar-refractivity contribution in [3.8, 4) is 0 Å². The summed E-state index contributed by atoms with van der Waals surface area (Å²) < 4.78 is 2.16. The third kappa shape index (κ3) is 5.88. The number of hydrogen-bond donors (Lipinski definition) is 2.